The summed E-state index contributed by atoms with van der Waals surface area (Å²) in [5.41, 5.74) is 4.56. The minimum atomic E-state index is -0.188. The fraction of sp³-hybridized carbons (Fsp3) is 0.263. The minimum Gasteiger partial charge on any atom is -0.363 e. The number of aryl methyl sites for hydroxylation is 4. The second kappa shape index (κ2) is 6.21. The lowest BCUT2D eigenvalue weighted by molar-refractivity contribution is 0.617. The van der Waals surface area contributed by atoms with Crippen molar-refractivity contribution in [3.05, 3.63) is 51.4 Å². The summed E-state index contributed by atoms with van der Waals surface area (Å²) in [4.78, 5) is 5.61. The number of nitrogens with zero attached hydrogens (tertiary/aromatic N) is 3. The van der Waals surface area contributed by atoms with Crippen LogP contribution in [0.25, 0.3) is 20.4 Å². The molecule has 26 heavy (non-hydrogen) atoms. The van der Waals surface area contributed by atoms with Gasteiger partial charge >= 0.3 is 0 Å². The quantitative estimate of drug-likeness (QED) is 0.503. The molecule has 0 radical (unpaired) electrons. The Morgan fingerprint density at radius 2 is 2.04 bits per heavy atom. The smallest absolute Gasteiger partial charge is 0.166 e. The summed E-state index contributed by atoms with van der Waals surface area (Å²) in [6, 6.07) is 5.13. The first-order valence-corrected chi connectivity index (χ1v) is 9.47. The molecule has 0 spiro atoms. The third kappa shape index (κ3) is 2.64. The van der Waals surface area contributed by atoms with Crippen molar-refractivity contribution in [1.82, 2.24) is 14.8 Å². The van der Waals surface area contributed by atoms with Crippen LogP contribution in [-0.2, 0) is 13.6 Å². The lowest BCUT2D eigenvalue weighted by atomic mass is 10.1. The average Bonchev–Trinajstić information content (AvgIpc) is 3.11. The Kier molecular flexibility index (Phi) is 4.12. The molecule has 4 nitrogen and oxygen atoms in total. The molecule has 0 aliphatic heterocycles. The number of hydrogen-bond donors (Lipinski definition) is 1. The van der Waals surface area contributed by atoms with Crippen molar-refractivity contribution in [1.29, 1.82) is 0 Å². The van der Waals surface area contributed by atoms with E-state index in [1.165, 1.54) is 6.07 Å². The predicted octanol–water partition coefficient (Wildman–Crippen LogP) is 5.51. The number of anilines is 1. The number of rotatable bonds is 3. The molecule has 3 heterocycles. The summed E-state index contributed by atoms with van der Waals surface area (Å²) in [6.07, 6.45) is 0. The zero-order valence-corrected chi connectivity index (χ0v) is 16.5. The SMILES string of the molecule is Cc1cc(CNc2nn(C)c3c2sc2nc(C)c(Cl)c(C)c23)ccc1F. The van der Waals surface area contributed by atoms with Crippen LogP contribution < -0.4 is 5.32 Å². The van der Waals surface area contributed by atoms with Crippen LogP contribution in [0.5, 0.6) is 0 Å². The van der Waals surface area contributed by atoms with Gasteiger partial charge in [-0.2, -0.15) is 5.10 Å². The van der Waals surface area contributed by atoms with Crippen molar-refractivity contribution in [2.75, 3.05) is 5.32 Å². The van der Waals surface area contributed by atoms with Crippen LogP contribution in [-0.4, -0.2) is 14.8 Å². The van der Waals surface area contributed by atoms with Gasteiger partial charge in [-0.3, -0.25) is 4.68 Å². The van der Waals surface area contributed by atoms with Gasteiger partial charge in [-0.15, -0.1) is 11.3 Å². The van der Waals surface area contributed by atoms with E-state index in [-0.39, 0.29) is 5.82 Å². The van der Waals surface area contributed by atoms with Gasteiger partial charge in [-0.05, 0) is 43.5 Å². The number of nitrogens with one attached hydrogen (secondary N) is 1. The van der Waals surface area contributed by atoms with Crippen molar-refractivity contribution in [3.8, 4) is 0 Å². The number of hydrogen-bond acceptors (Lipinski definition) is 4. The molecule has 7 heteroatoms. The summed E-state index contributed by atoms with van der Waals surface area (Å²) in [5.74, 6) is 0.618. The highest BCUT2D eigenvalue weighted by molar-refractivity contribution is 7.26. The first-order valence-electron chi connectivity index (χ1n) is 8.27. The third-order valence-corrected chi connectivity index (χ3v) is 6.26. The van der Waals surface area contributed by atoms with Crippen LogP contribution >= 0.6 is 22.9 Å². The van der Waals surface area contributed by atoms with Gasteiger partial charge in [0.15, 0.2) is 5.82 Å². The molecule has 134 valence electrons. The molecule has 0 fully saturated rings. The lowest BCUT2D eigenvalue weighted by Crippen LogP contribution is -2.02. The molecule has 4 aromatic rings. The molecule has 0 amide bonds. The van der Waals surface area contributed by atoms with Gasteiger partial charge in [-0.25, -0.2) is 9.37 Å². The second-order valence-electron chi connectivity index (χ2n) is 6.51. The van der Waals surface area contributed by atoms with E-state index < -0.39 is 0 Å². The Bertz CT molecular complexity index is 1160. The van der Waals surface area contributed by atoms with Gasteiger partial charge in [0.25, 0.3) is 0 Å². The van der Waals surface area contributed by atoms with E-state index >= 15 is 0 Å². The molecule has 3 aromatic heterocycles. The second-order valence-corrected chi connectivity index (χ2v) is 7.88. The maximum Gasteiger partial charge on any atom is 0.166 e. The molecule has 1 N–H and O–H groups in total. The van der Waals surface area contributed by atoms with E-state index in [9.17, 15) is 4.39 Å². The van der Waals surface area contributed by atoms with Crippen molar-refractivity contribution in [3.63, 3.8) is 0 Å². The Morgan fingerprint density at radius 3 is 2.77 bits per heavy atom. The van der Waals surface area contributed by atoms with Crippen LogP contribution in [0.15, 0.2) is 18.2 Å². The van der Waals surface area contributed by atoms with Gasteiger partial charge < -0.3 is 5.32 Å². The zero-order valence-electron chi connectivity index (χ0n) is 14.9. The summed E-state index contributed by atoms with van der Waals surface area (Å²) in [6.45, 7) is 6.29. The summed E-state index contributed by atoms with van der Waals surface area (Å²) < 4.78 is 16.4. The number of pyridine rings is 1. The van der Waals surface area contributed by atoms with Gasteiger partial charge in [-0.1, -0.05) is 23.7 Å². The molecule has 0 saturated heterocycles. The summed E-state index contributed by atoms with van der Waals surface area (Å²) in [5, 5.41) is 9.76. The molecule has 0 bridgehead atoms. The highest BCUT2D eigenvalue weighted by atomic mass is 35.5. The average molecular weight is 389 g/mol. The number of halogens is 2. The zero-order chi connectivity index (χ0) is 18.6. The normalized spacial score (nSPS) is 11.6. The summed E-state index contributed by atoms with van der Waals surface area (Å²) >= 11 is 8.02. The molecular formula is C19H18ClFN4S. The maximum absolute atomic E-state index is 13.4. The Labute approximate surface area is 159 Å². The van der Waals surface area contributed by atoms with E-state index in [2.05, 4.69) is 15.4 Å². The highest BCUT2D eigenvalue weighted by Crippen LogP contribution is 2.40. The third-order valence-electron chi connectivity index (χ3n) is 4.63. The molecule has 0 unspecified atom stereocenters. The first kappa shape index (κ1) is 17.2. The van der Waals surface area contributed by atoms with E-state index in [1.54, 1.807) is 24.3 Å². The van der Waals surface area contributed by atoms with Crippen molar-refractivity contribution < 1.29 is 4.39 Å². The fourth-order valence-electron chi connectivity index (χ4n) is 3.24. The molecule has 0 saturated carbocycles. The Hall–Kier alpha value is -2.18. The van der Waals surface area contributed by atoms with E-state index in [0.29, 0.717) is 17.1 Å². The monoisotopic (exact) mass is 388 g/mol. The lowest BCUT2D eigenvalue weighted by Gasteiger charge is -2.05. The van der Waals surface area contributed by atoms with Gasteiger partial charge in [0.05, 0.1) is 20.9 Å². The molecule has 0 aliphatic rings. The summed E-state index contributed by atoms with van der Waals surface area (Å²) in [7, 11) is 1.93. The largest absolute Gasteiger partial charge is 0.363 e. The number of thiophene rings is 1. The maximum atomic E-state index is 13.4. The molecule has 0 aliphatic carbocycles. The molecule has 4 rings (SSSR count). The standard InChI is InChI=1S/C19H18ClFN4S/c1-9-7-12(5-6-13(9)21)8-22-18-17-16(25(4)24-18)14-10(2)15(20)11(3)23-19(14)26-17/h5-7H,8H2,1-4H3,(H,22,24). The van der Waals surface area contributed by atoms with E-state index in [1.807, 2.05) is 31.6 Å². The van der Waals surface area contributed by atoms with Crippen LogP contribution in [0.2, 0.25) is 5.02 Å². The topological polar surface area (TPSA) is 42.7 Å². The van der Waals surface area contributed by atoms with Crippen LogP contribution in [0.4, 0.5) is 10.2 Å². The van der Waals surface area contributed by atoms with E-state index in [0.717, 1.165) is 43.1 Å². The molecular weight excluding hydrogens is 371 g/mol. The van der Waals surface area contributed by atoms with Crippen LogP contribution in [0.1, 0.15) is 22.4 Å². The van der Waals surface area contributed by atoms with Crippen molar-refractivity contribution in [2.24, 2.45) is 7.05 Å². The van der Waals surface area contributed by atoms with Gasteiger partial charge in [0.1, 0.15) is 10.6 Å². The highest BCUT2D eigenvalue weighted by Gasteiger charge is 2.20. The number of fused-ring (bicyclic) bond motifs is 3. The van der Waals surface area contributed by atoms with Crippen molar-refractivity contribution in [2.45, 2.75) is 27.3 Å². The fourth-order valence-corrected chi connectivity index (χ4v) is 4.65. The van der Waals surface area contributed by atoms with Gasteiger partial charge in [0.2, 0.25) is 0 Å². The number of benzene rings is 1. The van der Waals surface area contributed by atoms with Crippen LogP contribution in [0, 0.1) is 26.6 Å². The predicted molar refractivity (Wildman–Crippen MR) is 107 cm³/mol. The molecule has 0 atom stereocenters. The van der Waals surface area contributed by atoms with Gasteiger partial charge in [0, 0.05) is 19.0 Å². The Balaban J connectivity index is 1.77. The molecule has 1 aromatic carbocycles. The number of aromatic nitrogens is 3. The van der Waals surface area contributed by atoms with Crippen LogP contribution in [0.3, 0.4) is 0 Å². The van der Waals surface area contributed by atoms with E-state index in [4.69, 9.17) is 11.6 Å². The Morgan fingerprint density at radius 1 is 1.27 bits per heavy atom. The first-order chi connectivity index (χ1) is 12.4. The van der Waals surface area contributed by atoms with Crippen molar-refractivity contribution >= 4 is 49.2 Å². The minimum absolute atomic E-state index is 0.188.